The standard InChI is InChI=1S/C15H23N3O2S/c1-21(19,20)14-8-6-13(7-9-14)12-17-15(16)18-10-4-2-3-5-11-18/h6-9H,2-5,10-12H2,1H3,(H2,16,17). The van der Waals surface area contributed by atoms with E-state index in [9.17, 15) is 8.42 Å². The molecule has 0 aromatic heterocycles. The summed E-state index contributed by atoms with van der Waals surface area (Å²) in [7, 11) is -3.14. The second kappa shape index (κ2) is 6.93. The molecular weight excluding hydrogens is 286 g/mol. The number of guanidine groups is 1. The minimum atomic E-state index is -3.14. The van der Waals surface area contributed by atoms with Crippen molar-refractivity contribution < 1.29 is 8.42 Å². The second-order valence-electron chi connectivity index (χ2n) is 5.49. The van der Waals surface area contributed by atoms with Crippen LogP contribution in [0.3, 0.4) is 0 Å². The summed E-state index contributed by atoms with van der Waals surface area (Å²) in [6.45, 7) is 2.43. The Morgan fingerprint density at radius 1 is 1.14 bits per heavy atom. The van der Waals surface area contributed by atoms with E-state index < -0.39 is 9.84 Å². The fraction of sp³-hybridized carbons (Fsp3) is 0.533. The number of rotatable bonds is 3. The highest BCUT2D eigenvalue weighted by Crippen LogP contribution is 2.12. The lowest BCUT2D eigenvalue weighted by Gasteiger charge is -2.21. The number of hydrogen-bond acceptors (Lipinski definition) is 3. The number of nitrogens with zero attached hydrogens (tertiary/aromatic N) is 2. The summed E-state index contributed by atoms with van der Waals surface area (Å²) in [5, 5.41) is 0. The number of nitrogens with two attached hydrogens (primary N) is 1. The smallest absolute Gasteiger partial charge is 0.191 e. The number of benzene rings is 1. The first-order valence-electron chi connectivity index (χ1n) is 7.31. The maximum Gasteiger partial charge on any atom is 0.191 e. The van der Waals surface area contributed by atoms with Gasteiger partial charge in [0.1, 0.15) is 0 Å². The molecule has 1 aromatic carbocycles. The molecule has 0 radical (unpaired) electrons. The van der Waals surface area contributed by atoms with Crippen molar-refractivity contribution >= 4 is 15.8 Å². The molecular formula is C15H23N3O2S. The summed E-state index contributed by atoms with van der Waals surface area (Å²) in [6, 6.07) is 6.80. The fourth-order valence-electron chi connectivity index (χ4n) is 2.41. The van der Waals surface area contributed by atoms with Crippen LogP contribution in [-0.4, -0.2) is 38.6 Å². The molecule has 0 aliphatic carbocycles. The van der Waals surface area contributed by atoms with Crippen molar-refractivity contribution in [3.8, 4) is 0 Å². The van der Waals surface area contributed by atoms with Crippen molar-refractivity contribution in [1.29, 1.82) is 0 Å². The highest BCUT2D eigenvalue weighted by molar-refractivity contribution is 7.90. The van der Waals surface area contributed by atoms with E-state index in [0.29, 0.717) is 17.4 Å². The number of aliphatic imine (C=N–C) groups is 1. The lowest BCUT2D eigenvalue weighted by atomic mass is 10.2. The SMILES string of the molecule is CS(=O)(=O)c1ccc(CN=C(N)N2CCCCCC2)cc1. The van der Waals surface area contributed by atoms with E-state index in [1.807, 2.05) is 0 Å². The molecule has 0 amide bonds. The first kappa shape index (κ1) is 15.8. The first-order chi connectivity index (χ1) is 9.97. The van der Waals surface area contributed by atoms with Crippen LogP contribution in [0, 0.1) is 0 Å². The Morgan fingerprint density at radius 2 is 1.71 bits per heavy atom. The molecule has 5 nitrogen and oxygen atoms in total. The van der Waals surface area contributed by atoms with Gasteiger partial charge < -0.3 is 10.6 Å². The summed E-state index contributed by atoms with van der Waals surface area (Å²) in [4.78, 5) is 6.89. The minimum absolute atomic E-state index is 0.329. The molecule has 2 N–H and O–H groups in total. The topological polar surface area (TPSA) is 75.8 Å². The van der Waals surface area contributed by atoms with E-state index in [1.165, 1.54) is 31.9 Å². The van der Waals surface area contributed by atoms with E-state index in [2.05, 4.69) is 9.89 Å². The molecule has 1 fully saturated rings. The average molecular weight is 309 g/mol. The average Bonchev–Trinajstić information content (AvgIpc) is 2.73. The van der Waals surface area contributed by atoms with Crippen molar-refractivity contribution in [2.24, 2.45) is 10.7 Å². The Hall–Kier alpha value is -1.56. The van der Waals surface area contributed by atoms with E-state index in [4.69, 9.17) is 5.73 Å². The van der Waals surface area contributed by atoms with Gasteiger partial charge in [-0.15, -0.1) is 0 Å². The monoisotopic (exact) mass is 309 g/mol. The molecule has 0 saturated carbocycles. The van der Waals surface area contributed by atoms with Gasteiger partial charge in [-0.25, -0.2) is 13.4 Å². The number of hydrogen-bond donors (Lipinski definition) is 1. The lowest BCUT2D eigenvalue weighted by Crippen LogP contribution is -2.38. The van der Waals surface area contributed by atoms with Crippen LogP contribution in [0.2, 0.25) is 0 Å². The van der Waals surface area contributed by atoms with Gasteiger partial charge in [-0.2, -0.15) is 0 Å². The zero-order valence-corrected chi connectivity index (χ0v) is 13.3. The van der Waals surface area contributed by atoms with Crippen LogP contribution in [0.1, 0.15) is 31.2 Å². The van der Waals surface area contributed by atoms with E-state index in [0.717, 1.165) is 18.7 Å². The van der Waals surface area contributed by atoms with Gasteiger partial charge in [0.25, 0.3) is 0 Å². The second-order valence-corrected chi connectivity index (χ2v) is 7.51. The van der Waals surface area contributed by atoms with E-state index in [-0.39, 0.29) is 0 Å². The largest absolute Gasteiger partial charge is 0.370 e. The molecule has 116 valence electrons. The Labute approximate surface area is 126 Å². The van der Waals surface area contributed by atoms with Crippen molar-refractivity contribution in [1.82, 2.24) is 4.90 Å². The third-order valence-corrected chi connectivity index (χ3v) is 4.83. The Balaban J connectivity index is 1.99. The predicted octanol–water partition coefficient (Wildman–Crippen LogP) is 1.78. The molecule has 1 heterocycles. The highest BCUT2D eigenvalue weighted by Gasteiger charge is 2.11. The van der Waals surface area contributed by atoms with Gasteiger partial charge in [-0.3, -0.25) is 0 Å². The maximum absolute atomic E-state index is 11.4. The Morgan fingerprint density at radius 3 is 2.24 bits per heavy atom. The fourth-order valence-corrected chi connectivity index (χ4v) is 3.04. The molecule has 0 spiro atoms. The van der Waals surface area contributed by atoms with Crippen molar-refractivity contribution in [3.05, 3.63) is 29.8 Å². The van der Waals surface area contributed by atoms with Crippen LogP contribution in [0.4, 0.5) is 0 Å². The van der Waals surface area contributed by atoms with E-state index >= 15 is 0 Å². The van der Waals surface area contributed by atoms with Crippen LogP contribution >= 0.6 is 0 Å². The summed E-state index contributed by atoms with van der Waals surface area (Å²) in [5.74, 6) is 0.587. The van der Waals surface area contributed by atoms with Gasteiger partial charge in [0.05, 0.1) is 11.4 Å². The molecule has 1 saturated heterocycles. The predicted molar refractivity (Wildman–Crippen MR) is 84.9 cm³/mol. The van der Waals surface area contributed by atoms with E-state index in [1.54, 1.807) is 24.3 Å². The van der Waals surface area contributed by atoms with Crippen LogP contribution < -0.4 is 5.73 Å². The Kier molecular flexibility index (Phi) is 5.22. The molecule has 2 rings (SSSR count). The van der Waals surface area contributed by atoms with Crippen molar-refractivity contribution in [2.45, 2.75) is 37.1 Å². The summed E-state index contributed by atoms with van der Waals surface area (Å²) in [6.07, 6.45) is 6.06. The highest BCUT2D eigenvalue weighted by atomic mass is 32.2. The zero-order valence-electron chi connectivity index (χ0n) is 12.5. The molecule has 1 aliphatic heterocycles. The Bertz CT molecular complexity index is 586. The first-order valence-corrected chi connectivity index (χ1v) is 9.20. The van der Waals surface area contributed by atoms with Crippen LogP contribution in [0.5, 0.6) is 0 Å². The molecule has 6 heteroatoms. The van der Waals surface area contributed by atoms with Gasteiger partial charge in [0.15, 0.2) is 15.8 Å². The molecule has 0 atom stereocenters. The molecule has 21 heavy (non-hydrogen) atoms. The molecule has 1 aromatic rings. The van der Waals surface area contributed by atoms with Gasteiger partial charge in [-0.1, -0.05) is 25.0 Å². The summed E-state index contributed by atoms with van der Waals surface area (Å²) >= 11 is 0. The van der Waals surface area contributed by atoms with Crippen molar-refractivity contribution in [3.63, 3.8) is 0 Å². The van der Waals surface area contributed by atoms with Crippen molar-refractivity contribution in [2.75, 3.05) is 19.3 Å². The minimum Gasteiger partial charge on any atom is -0.370 e. The van der Waals surface area contributed by atoms with Gasteiger partial charge in [0.2, 0.25) is 0 Å². The lowest BCUT2D eigenvalue weighted by molar-refractivity contribution is 0.428. The van der Waals surface area contributed by atoms with Crippen LogP contribution in [-0.2, 0) is 16.4 Å². The third-order valence-electron chi connectivity index (χ3n) is 3.71. The van der Waals surface area contributed by atoms with Gasteiger partial charge >= 0.3 is 0 Å². The molecule has 0 bridgehead atoms. The van der Waals surface area contributed by atoms with Crippen LogP contribution in [0.15, 0.2) is 34.2 Å². The third kappa shape index (κ3) is 4.74. The van der Waals surface area contributed by atoms with Gasteiger partial charge in [0, 0.05) is 19.3 Å². The van der Waals surface area contributed by atoms with Gasteiger partial charge in [-0.05, 0) is 30.5 Å². The maximum atomic E-state index is 11.4. The summed E-state index contributed by atoms with van der Waals surface area (Å²) < 4.78 is 22.8. The zero-order chi connectivity index (χ0) is 15.3. The summed E-state index contributed by atoms with van der Waals surface area (Å²) in [5.41, 5.74) is 7.00. The molecule has 1 aliphatic rings. The normalized spacial score (nSPS) is 17.6. The number of likely N-dealkylation sites (tertiary alicyclic amines) is 1. The molecule has 0 unspecified atom stereocenters. The number of sulfone groups is 1. The quantitative estimate of drug-likeness (QED) is 0.682. The van der Waals surface area contributed by atoms with Crippen LogP contribution in [0.25, 0.3) is 0 Å².